The molecule has 1 aromatic carbocycles. The number of nitrogens with one attached hydrogen (secondary N) is 3. The molecule has 306 valence electrons. The lowest BCUT2D eigenvalue weighted by Crippen LogP contribution is -2.62. The number of aromatic nitrogens is 1. The number of nitrogens with zero attached hydrogens (tertiary/aromatic N) is 4. The molecule has 2 atom stereocenters. The van der Waals surface area contributed by atoms with Crippen molar-refractivity contribution in [2.24, 2.45) is 12.5 Å². The number of hydrogen-bond donors (Lipinski definition) is 3. The molecule has 0 fully saturated rings. The van der Waals surface area contributed by atoms with Gasteiger partial charge in [-0.3, -0.25) is 38.6 Å². The highest BCUT2D eigenvalue weighted by atomic mass is 16.6. The van der Waals surface area contributed by atoms with E-state index in [4.69, 9.17) is 4.74 Å². The molecule has 0 saturated carbocycles. The van der Waals surface area contributed by atoms with Gasteiger partial charge in [0.1, 0.15) is 17.7 Å². The standard InChI is InChI=1S/C41H59N7O8/c1-26(35(52)43-21-19-30(49)42-22-24-48-31(50)17-18-32(48)51)20-23-45(10)37(54)33(39(2,3)4)44-36(53)34(47(12)38(55)56-40(5,6)7)41(8,9)28-25-46(11)29-16-14-13-15-27(28)29/h13-18,20,25,33-34H,19,21-24H2,1-12H3,(H,42,49)(H,43,52)(H,44,53)/b26-20+/t33?,34-/m1/s1. The second kappa shape index (κ2) is 18.0. The van der Waals surface area contributed by atoms with Gasteiger partial charge in [-0.05, 0) is 44.7 Å². The van der Waals surface area contributed by atoms with Crippen LogP contribution in [0.1, 0.15) is 74.3 Å². The molecule has 0 saturated heterocycles. The van der Waals surface area contributed by atoms with E-state index in [1.54, 1.807) is 40.8 Å². The van der Waals surface area contributed by atoms with Crippen LogP contribution in [-0.4, -0.2) is 119 Å². The minimum atomic E-state index is -1.10. The lowest BCUT2D eigenvalue weighted by atomic mass is 9.76. The first-order valence-electron chi connectivity index (χ1n) is 18.7. The highest BCUT2D eigenvalue weighted by Crippen LogP contribution is 2.37. The number of amides is 7. The second-order valence-corrected chi connectivity index (χ2v) is 16.8. The van der Waals surface area contributed by atoms with E-state index < -0.39 is 64.1 Å². The fourth-order valence-corrected chi connectivity index (χ4v) is 6.45. The Morgan fingerprint density at radius 2 is 1.50 bits per heavy atom. The zero-order valence-corrected chi connectivity index (χ0v) is 34.9. The first-order valence-corrected chi connectivity index (χ1v) is 18.7. The van der Waals surface area contributed by atoms with E-state index >= 15 is 0 Å². The van der Waals surface area contributed by atoms with Crippen molar-refractivity contribution in [3.63, 3.8) is 0 Å². The molecular weight excluding hydrogens is 718 g/mol. The first kappa shape index (κ1) is 44.9. The Morgan fingerprint density at radius 3 is 2.09 bits per heavy atom. The molecule has 1 aromatic heterocycles. The van der Waals surface area contributed by atoms with Crippen LogP contribution >= 0.6 is 0 Å². The molecule has 0 spiro atoms. The van der Waals surface area contributed by atoms with Gasteiger partial charge in [0.15, 0.2) is 0 Å². The van der Waals surface area contributed by atoms with Crippen molar-refractivity contribution in [3.8, 4) is 0 Å². The molecule has 0 aliphatic carbocycles. The van der Waals surface area contributed by atoms with Crippen LogP contribution < -0.4 is 16.0 Å². The highest BCUT2D eigenvalue weighted by Gasteiger charge is 2.46. The summed E-state index contributed by atoms with van der Waals surface area (Å²) in [6, 6.07) is 5.70. The van der Waals surface area contributed by atoms with Gasteiger partial charge in [0.25, 0.3) is 11.8 Å². The van der Waals surface area contributed by atoms with Crippen molar-refractivity contribution in [3.05, 3.63) is 59.8 Å². The first-order chi connectivity index (χ1) is 25.9. The minimum Gasteiger partial charge on any atom is -0.444 e. The Balaban J connectivity index is 1.72. The third-order valence-electron chi connectivity index (χ3n) is 9.59. The Morgan fingerprint density at radius 1 is 0.893 bits per heavy atom. The van der Waals surface area contributed by atoms with Crippen LogP contribution in [0.3, 0.4) is 0 Å². The van der Waals surface area contributed by atoms with Crippen molar-refractivity contribution < 1.29 is 38.3 Å². The van der Waals surface area contributed by atoms with Crippen LogP contribution in [-0.2, 0) is 46.0 Å². The number of fused-ring (bicyclic) bond motifs is 1. The van der Waals surface area contributed by atoms with Crippen molar-refractivity contribution >= 4 is 52.4 Å². The molecule has 1 unspecified atom stereocenters. The number of para-hydroxylation sites is 1. The van der Waals surface area contributed by atoms with Gasteiger partial charge in [-0.25, -0.2) is 4.79 Å². The van der Waals surface area contributed by atoms with Crippen LogP contribution in [0.15, 0.2) is 54.3 Å². The molecule has 15 heteroatoms. The van der Waals surface area contributed by atoms with Crippen LogP contribution in [0.2, 0.25) is 0 Å². The lowest BCUT2D eigenvalue weighted by Gasteiger charge is -2.41. The van der Waals surface area contributed by atoms with E-state index in [1.165, 1.54) is 29.0 Å². The number of rotatable bonds is 15. The third kappa shape index (κ3) is 11.3. The summed E-state index contributed by atoms with van der Waals surface area (Å²) in [4.78, 5) is 94.2. The minimum absolute atomic E-state index is 0.0219. The molecular formula is C41H59N7O8. The molecule has 2 aromatic rings. The van der Waals surface area contributed by atoms with Crippen LogP contribution in [0.4, 0.5) is 4.79 Å². The Labute approximate surface area is 329 Å². The van der Waals surface area contributed by atoms with Gasteiger partial charge in [0.2, 0.25) is 23.6 Å². The van der Waals surface area contributed by atoms with Crippen LogP contribution in [0.25, 0.3) is 10.9 Å². The fourth-order valence-electron chi connectivity index (χ4n) is 6.45. The summed E-state index contributed by atoms with van der Waals surface area (Å²) in [7, 11) is 5.02. The van der Waals surface area contributed by atoms with Crippen LogP contribution in [0, 0.1) is 5.41 Å². The molecule has 3 rings (SSSR count). The summed E-state index contributed by atoms with van der Waals surface area (Å²) in [5.41, 5.74) is -0.427. The van der Waals surface area contributed by atoms with Gasteiger partial charge in [-0.1, -0.05) is 58.9 Å². The molecule has 15 nitrogen and oxygen atoms in total. The number of ether oxygens (including phenoxy) is 1. The zero-order valence-electron chi connectivity index (χ0n) is 34.9. The number of imide groups is 1. The Kier molecular flexibility index (Phi) is 14.4. The predicted octanol–water partition coefficient (Wildman–Crippen LogP) is 3.17. The second-order valence-electron chi connectivity index (χ2n) is 16.8. The summed E-state index contributed by atoms with van der Waals surface area (Å²) in [5.74, 6) is -2.59. The largest absolute Gasteiger partial charge is 0.444 e. The number of benzene rings is 1. The molecule has 0 radical (unpaired) electrons. The van der Waals surface area contributed by atoms with Crippen molar-refractivity contribution in [2.45, 2.75) is 91.8 Å². The van der Waals surface area contributed by atoms with Crippen LogP contribution in [0.5, 0.6) is 0 Å². The van der Waals surface area contributed by atoms with Gasteiger partial charge in [0, 0.05) is 94.0 Å². The van der Waals surface area contributed by atoms with E-state index in [9.17, 15) is 33.6 Å². The van der Waals surface area contributed by atoms with Gasteiger partial charge in [-0.2, -0.15) is 0 Å². The topological polar surface area (TPSA) is 179 Å². The van der Waals surface area contributed by atoms with Gasteiger partial charge in [0.05, 0.1) is 0 Å². The average Bonchev–Trinajstić information content (AvgIpc) is 3.61. The average molecular weight is 778 g/mol. The maximum absolute atomic E-state index is 14.6. The summed E-state index contributed by atoms with van der Waals surface area (Å²) in [5, 5.41) is 9.20. The summed E-state index contributed by atoms with van der Waals surface area (Å²) < 4.78 is 7.68. The van der Waals surface area contributed by atoms with E-state index in [0.29, 0.717) is 5.57 Å². The van der Waals surface area contributed by atoms with E-state index in [2.05, 4.69) is 16.0 Å². The van der Waals surface area contributed by atoms with Gasteiger partial charge >= 0.3 is 6.09 Å². The molecule has 0 bridgehead atoms. The molecule has 56 heavy (non-hydrogen) atoms. The summed E-state index contributed by atoms with van der Waals surface area (Å²) in [6.07, 6.45) is 5.17. The molecule has 7 amide bonds. The Hall–Kier alpha value is -5.47. The quantitative estimate of drug-likeness (QED) is 0.182. The number of aryl methyl sites for hydroxylation is 1. The number of carbonyl (C=O) groups excluding carboxylic acids is 7. The highest BCUT2D eigenvalue weighted by molar-refractivity contribution is 6.12. The number of likely N-dealkylation sites (N-methyl/N-ethyl adjacent to an activating group) is 2. The smallest absolute Gasteiger partial charge is 0.410 e. The van der Waals surface area contributed by atoms with E-state index in [-0.39, 0.29) is 38.5 Å². The third-order valence-corrected chi connectivity index (χ3v) is 9.59. The molecule has 1 aliphatic heterocycles. The summed E-state index contributed by atoms with van der Waals surface area (Å²) in [6.45, 7) is 16.3. The lowest BCUT2D eigenvalue weighted by molar-refractivity contribution is -0.140. The van der Waals surface area contributed by atoms with Crippen molar-refractivity contribution in [1.82, 2.24) is 35.2 Å². The van der Waals surface area contributed by atoms with Crippen molar-refractivity contribution in [2.75, 3.05) is 40.3 Å². The molecule has 1 aliphatic rings. The predicted molar refractivity (Wildman–Crippen MR) is 213 cm³/mol. The van der Waals surface area contributed by atoms with Gasteiger partial charge in [-0.15, -0.1) is 0 Å². The normalized spacial score (nSPS) is 14.7. The maximum atomic E-state index is 14.6. The fraction of sp³-hybridized carbons (Fsp3) is 0.537. The zero-order chi connectivity index (χ0) is 42.3. The number of hydrogen-bond acceptors (Lipinski definition) is 8. The number of carbonyl (C=O) groups is 7. The molecule has 2 heterocycles. The Bertz CT molecular complexity index is 1880. The molecule has 3 N–H and O–H groups in total. The maximum Gasteiger partial charge on any atom is 0.410 e. The SMILES string of the molecule is C/C(=C\CN(C)C(=O)C(NC(=O)[C@@H](N(C)C(=O)OC(C)(C)C)C(C)(C)c1cn(C)c2ccccc12)C(C)(C)C)C(=O)NCCC(=O)NCCN1C(=O)C=CC1=O. The van der Waals surface area contributed by atoms with E-state index in [1.807, 2.05) is 76.7 Å². The summed E-state index contributed by atoms with van der Waals surface area (Å²) >= 11 is 0. The van der Waals surface area contributed by atoms with E-state index in [0.717, 1.165) is 21.4 Å². The monoisotopic (exact) mass is 777 g/mol. The van der Waals surface area contributed by atoms with Gasteiger partial charge < -0.3 is 30.2 Å². The van der Waals surface area contributed by atoms with Crippen molar-refractivity contribution in [1.29, 1.82) is 0 Å².